The summed E-state index contributed by atoms with van der Waals surface area (Å²) < 4.78 is 16.7. The first kappa shape index (κ1) is 17.4. The van der Waals surface area contributed by atoms with Crippen LogP contribution in [0.5, 0.6) is 23.0 Å². The van der Waals surface area contributed by atoms with Gasteiger partial charge in [-0.1, -0.05) is 19.1 Å². The Hall–Kier alpha value is -2.40. The molecule has 0 bridgehead atoms. The first-order chi connectivity index (χ1) is 12.0. The lowest BCUT2D eigenvalue weighted by Gasteiger charge is -2.21. The lowest BCUT2D eigenvalue weighted by Crippen LogP contribution is -2.14. The summed E-state index contributed by atoms with van der Waals surface area (Å²) in [5.74, 6) is 1.52. The topological polar surface area (TPSA) is 68.2 Å². The molecular weight excluding hydrogens is 320 g/mol. The van der Waals surface area contributed by atoms with Gasteiger partial charge in [-0.15, -0.1) is 0 Å². The van der Waals surface area contributed by atoms with Gasteiger partial charge in [0.15, 0.2) is 23.0 Å². The molecule has 1 heterocycles. The fourth-order valence-electron chi connectivity index (χ4n) is 3.79. The van der Waals surface area contributed by atoms with E-state index in [9.17, 15) is 10.2 Å². The minimum Gasteiger partial charge on any atom is -0.504 e. The van der Waals surface area contributed by atoms with Crippen molar-refractivity contribution in [2.24, 2.45) is 5.92 Å². The normalized spacial score (nSPS) is 25.8. The first-order valence-electron chi connectivity index (χ1n) is 8.35. The molecule has 1 fully saturated rings. The van der Waals surface area contributed by atoms with Crippen molar-refractivity contribution in [1.82, 2.24) is 0 Å². The van der Waals surface area contributed by atoms with Gasteiger partial charge in [-0.2, -0.15) is 0 Å². The lowest BCUT2D eigenvalue weighted by molar-refractivity contribution is 0.0431. The maximum Gasteiger partial charge on any atom is 0.160 e. The van der Waals surface area contributed by atoms with Gasteiger partial charge in [-0.25, -0.2) is 0 Å². The van der Waals surface area contributed by atoms with E-state index in [-0.39, 0.29) is 35.5 Å². The third-order valence-electron chi connectivity index (χ3n) is 5.03. The molecule has 0 radical (unpaired) electrons. The second-order valence-electron chi connectivity index (χ2n) is 6.51. The van der Waals surface area contributed by atoms with E-state index in [4.69, 9.17) is 14.2 Å². The number of ether oxygens (including phenoxy) is 3. The number of methoxy groups -OCH3 is 2. The molecule has 1 saturated heterocycles. The molecule has 0 spiro atoms. The average molecular weight is 344 g/mol. The van der Waals surface area contributed by atoms with Gasteiger partial charge in [0.1, 0.15) is 0 Å². The molecular formula is C20H24O5. The SMILES string of the molecule is COc1cc([C@H]2[C@H](C)[C@H](c3ccc(O)c(OC)c3)O[C@H]2C)ccc1O. The standard InChI is InChI=1S/C20H24O5/c1-11-19(13-5-7-15(21)17(9-13)23-3)12(2)25-20(11)14-6-8-16(22)18(10-14)24-4/h5-12,19-22H,1-4H3/t11-,12-,19-,20+/m0/s1. The quantitative estimate of drug-likeness (QED) is 0.877. The van der Waals surface area contributed by atoms with Crippen molar-refractivity contribution in [3.05, 3.63) is 47.5 Å². The molecule has 0 saturated carbocycles. The van der Waals surface area contributed by atoms with E-state index in [1.807, 2.05) is 24.3 Å². The van der Waals surface area contributed by atoms with Gasteiger partial charge in [-0.05, 0) is 48.2 Å². The second-order valence-corrected chi connectivity index (χ2v) is 6.51. The highest BCUT2D eigenvalue weighted by atomic mass is 16.5. The van der Waals surface area contributed by atoms with Gasteiger partial charge in [0.25, 0.3) is 0 Å². The largest absolute Gasteiger partial charge is 0.504 e. The molecule has 5 heteroatoms. The molecule has 2 aromatic carbocycles. The van der Waals surface area contributed by atoms with E-state index >= 15 is 0 Å². The van der Waals surface area contributed by atoms with Crippen LogP contribution in [0.2, 0.25) is 0 Å². The highest BCUT2D eigenvalue weighted by molar-refractivity contribution is 5.45. The first-order valence-corrected chi connectivity index (χ1v) is 8.35. The van der Waals surface area contributed by atoms with Crippen molar-refractivity contribution in [1.29, 1.82) is 0 Å². The van der Waals surface area contributed by atoms with Crippen molar-refractivity contribution >= 4 is 0 Å². The molecule has 1 aliphatic heterocycles. The van der Waals surface area contributed by atoms with Gasteiger partial charge in [-0.3, -0.25) is 0 Å². The molecule has 2 N–H and O–H groups in total. The molecule has 2 aromatic rings. The Morgan fingerprint density at radius 3 is 1.92 bits per heavy atom. The number of phenolic OH excluding ortho intramolecular Hbond substituents is 2. The van der Waals surface area contributed by atoms with Crippen LogP contribution in [0.25, 0.3) is 0 Å². The van der Waals surface area contributed by atoms with Crippen molar-refractivity contribution in [2.45, 2.75) is 32.0 Å². The van der Waals surface area contributed by atoms with Crippen molar-refractivity contribution < 1.29 is 24.4 Å². The monoisotopic (exact) mass is 344 g/mol. The maximum absolute atomic E-state index is 9.83. The molecule has 0 unspecified atom stereocenters. The van der Waals surface area contributed by atoms with E-state index in [0.29, 0.717) is 11.5 Å². The lowest BCUT2D eigenvalue weighted by atomic mass is 9.81. The Balaban J connectivity index is 1.92. The van der Waals surface area contributed by atoms with E-state index in [1.54, 1.807) is 19.2 Å². The number of aromatic hydroxyl groups is 2. The minimum atomic E-state index is -0.103. The molecule has 3 rings (SSSR count). The van der Waals surface area contributed by atoms with Crippen LogP contribution in [-0.2, 0) is 4.74 Å². The predicted octanol–water partition coefficient (Wildman–Crippen LogP) is 3.99. The predicted molar refractivity (Wildman–Crippen MR) is 94.5 cm³/mol. The van der Waals surface area contributed by atoms with Crippen LogP contribution in [0.4, 0.5) is 0 Å². The zero-order valence-electron chi connectivity index (χ0n) is 14.9. The van der Waals surface area contributed by atoms with Crippen molar-refractivity contribution in [3.8, 4) is 23.0 Å². The van der Waals surface area contributed by atoms with Crippen LogP contribution in [0.1, 0.15) is 37.0 Å². The van der Waals surface area contributed by atoms with Gasteiger partial charge < -0.3 is 24.4 Å². The molecule has 25 heavy (non-hydrogen) atoms. The Labute approximate surface area is 147 Å². The minimum absolute atomic E-state index is 0.00838. The summed E-state index contributed by atoms with van der Waals surface area (Å²) in [7, 11) is 3.08. The highest BCUT2D eigenvalue weighted by Gasteiger charge is 2.41. The van der Waals surface area contributed by atoms with Crippen LogP contribution in [0.15, 0.2) is 36.4 Å². The third-order valence-corrected chi connectivity index (χ3v) is 5.03. The van der Waals surface area contributed by atoms with E-state index in [1.165, 1.54) is 7.11 Å². The van der Waals surface area contributed by atoms with Gasteiger partial charge >= 0.3 is 0 Å². The molecule has 4 atom stereocenters. The summed E-state index contributed by atoms with van der Waals surface area (Å²) >= 11 is 0. The molecule has 0 amide bonds. The fraction of sp³-hybridized carbons (Fsp3) is 0.400. The van der Waals surface area contributed by atoms with Gasteiger partial charge in [0.05, 0.1) is 26.4 Å². The Kier molecular flexibility index (Phi) is 4.77. The van der Waals surface area contributed by atoms with Crippen LogP contribution in [-0.4, -0.2) is 30.5 Å². The van der Waals surface area contributed by atoms with E-state index < -0.39 is 0 Å². The number of hydrogen-bond donors (Lipinski definition) is 2. The van der Waals surface area contributed by atoms with Crippen LogP contribution < -0.4 is 9.47 Å². The second kappa shape index (κ2) is 6.84. The van der Waals surface area contributed by atoms with Crippen LogP contribution in [0, 0.1) is 5.92 Å². The zero-order valence-corrected chi connectivity index (χ0v) is 14.9. The molecule has 5 nitrogen and oxygen atoms in total. The van der Waals surface area contributed by atoms with E-state index in [0.717, 1.165) is 11.1 Å². The molecule has 0 aromatic heterocycles. The summed E-state index contributed by atoms with van der Waals surface area (Å²) in [6.45, 7) is 4.20. The summed E-state index contributed by atoms with van der Waals surface area (Å²) in [5, 5.41) is 19.6. The maximum atomic E-state index is 9.83. The highest BCUT2D eigenvalue weighted by Crippen LogP contribution is 2.49. The van der Waals surface area contributed by atoms with Crippen molar-refractivity contribution in [3.63, 3.8) is 0 Å². The number of hydrogen-bond acceptors (Lipinski definition) is 5. The Morgan fingerprint density at radius 2 is 1.36 bits per heavy atom. The third kappa shape index (κ3) is 3.12. The number of phenols is 2. The Bertz CT molecular complexity index is 758. The van der Waals surface area contributed by atoms with Gasteiger partial charge in [0, 0.05) is 5.92 Å². The van der Waals surface area contributed by atoms with E-state index in [2.05, 4.69) is 13.8 Å². The van der Waals surface area contributed by atoms with Crippen molar-refractivity contribution in [2.75, 3.05) is 14.2 Å². The molecule has 1 aliphatic rings. The summed E-state index contributed by atoms with van der Waals surface area (Å²) in [6, 6.07) is 10.8. The number of benzene rings is 2. The summed E-state index contributed by atoms with van der Waals surface area (Å²) in [6.07, 6.45) is -0.0941. The summed E-state index contributed by atoms with van der Waals surface area (Å²) in [5.41, 5.74) is 2.05. The summed E-state index contributed by atoms with van der Waals surface area (Å²) in [4.78, 5) is 0. The molecule has 0 aliphatic carbocycles. The molecule has 134 valence electrons. The van der Waals surface area contributed by atoms with Crippen LogP contribution >= 0.6 is 0 Å². The fourth-order valence-corrected chi connectivity index (χ4v) is 3.79. The smallest absolute Gasteiger partial charge is 0.160 e. The zero-order chi connectivity index (χ0) is 18.1. The van der Waals surface area contributed by atoms with Gasteiger partial charge in [0.2, 0.25) is 0 Å². The van der Waals surface area contributed by atoms with Crippen LogP contribution in [0.3, 0.4) is 0 Å². The Morgan fingerprint density at radius 1 is 0.840 bits per heavy atom. The average Bonchev–Trinajstić information content (AvgIpc) is 2.90. The number of rotatable bonds is 4.